The van der Waals surface area contributed by atoms with Crippen LogP contribution in [0.2, 0.25) is 0 Å². The third kappa shape index (κ3) is 4.11. The molecule has 0 bridgehead atoms. The Morgan fingerprint density at radius 3 is 2.41 bits per heavy atom. The van der Waals surface area contributed by atoms with Crippen LogP contribution in [0, 0.1) is 0 Å². The number of hydrogen-bond donors (Lipinski definition) is 2. The Morgan fingerprint density at radius 1 is 1.24 bits per heavy atom. The lowest BCUT2D eigenvalue weighted by atomic mass is 9.75. The normalized spacial score (nSPS) is 26.6. The van der Waals surface area contributed by atoms with E-state index < -0.39 is 17.2 Å². The summed E-state index contributed by atoms with van der Waals surface area (Å²) in [7, 11) is 0. The summed E-state index contributed by atoms with van der Waals surface area (Å²) < 4.78 is 6.10. The second kappa shape index (κ2) is 7.38. The van der Waals surface area contributed by atoms with Crippen LogP contribution >= 0.6 is 0 Å². The van der Waals surface area contributed by atoms with Gasteiger partial charge in [-0.1, -0.05) is 12.1 Å². The maximum Gasteiger partial charge on any atom is 0.246 e. The topological polar surface area (TPSA) is 110 Å². The molecule has 3 heterocycles. The summed E-state index contributed by atoms with van der Waals surface area (Å²) in [5.41, 5.74) is 0.0252. The molecule has 2 N–H and O–H groups in total. The third-order valence-corrected chi connectivity index (χ3v) is 6.00. The molecule has 0 aliphatic carbocycles. The van der Waals surface area contributed by atoms with Crippen LogP contribution in [0.1, 0.15) is 33.1 Å². The molecule has 1 aromatic heterocycles. The van der Waals surface area contributed by atoms with Gasteiger partial charge in [-0.05, 0) is 31.9 Å². The average Bonchev–Trinajstić information content (AvgIpc) is 3.06. The molecule has 2 saturated heterocycles. The zero-order valence-electron chi connectivity index (χ0n) is 16.8. The maximum atomic E-state index is 12.7. The summed E-state index contributed by atoms with van der Waals surface area (Å²) in [5, 5.41) is 22.3. The lowest BCUT2D eigenvalue weighted by Crippen LogP contribution is -2.64. The summed E-state index contributed by atoms with van der Waals surface area (Å²) in [5.74, 6) is -0.214. The summed E-state index contributed by atoms with van der Waals surface area (Å²) >= 11 is 0. The first kappa shape index (κ1) is 19.8. The average molecular weight is 401 g/mol. The first-order valence-electron chi connectivity index (χ1n) is 9.97. The molecule has 4 rings (SSSR count). The van der Waals surface area contributed by atoms with Crippen molar-refractivity contribution in [2.24, 2.45) is 0 Å². The minimum absolute atomic E-state index is 0.0288. The van der Waals surface area contributed by atoms with Crippen molar-refractivity contribution >= 4 is 22.8 Å². The predicted molar refractivity (Wildman–Crippen MR) is 105 cm³/mol. The number of carbonyl (C=O) groups excluding carboxylic acids is 2. The number of aromatic nitrogens is 3. The first-order valence-corrected chi connectivity index (χ1v) is 9.97. The number of piperidine rings is 1. The third-order valence-electron chi connectivity index (χ3n) is 6.00. The van der Waals surface area contributed by atoms with Gasteiger partial charge in [0.1, 0.15) is 17.6 Å². The highest BCUT2D eigenvalue weighted by Gasteiger charge is 2.49. The van der Waals surface area contributed by atoms with Crippen LogP contribution in [0.3, 0.4) is 0 Å². The van der Waals surface area contributed by atoms with E-state index in [1.54, 1.807) is 11.8 Å². The van der Waals surface area contributed by atoms with Crippen molar-refractivity contribution in [3.05, 3.63) is 24.3 Å². The van der Waals surface area contributed by atoms with Gasteiger partial charge < -0.3 is 20.1 Å². The van der Waals surface area contributed by atoms with Gasteiger partial charge in [-0.2, -0.15) is 15.0 Å². The van der Waals surface area contributed by atoms with Crippen LogP contribution in [0.5, 0.6) is 0 Å². The standard InChI is InChI=1S/C20H27N5O4/c1-14(26)21-17-12-29-20(13-19(17,2)28)7-9-24(10-8-20)18(27)11-25-22-15-5-3-4-6-16(15)23-25/h3-6,17,28H,7-13H2,1-2H3,(H,21,26)/t17-,19-/m0/s1. The van der Waals surface area contributed by atoms with Gasteiger partial charge in [-0.25, -0.2) is 0 Å². The van der Waals surface area contributed by atoms with Crippen molar-refractivity contribution in [1.82, 2.24) is 25.2 Å². The summed E-state index contributed by atoms with van der Waals surface area (Å²) in [6, 6.07) is 7.10. The van der Waals surface area contributed by atoms with Crippen molar-refractivity contribution in [1.29, 1.82) is 0 Å². The summed E-state index contributed by atoms with van der Waals surface area (Å²) in [4.78, 5) is 27.3. The second-order valence-corrected chi connectivity index (χ2v) is 8.38. The lowest BCUT2D eigenvalue weighted by molar-refractivity contribution is -0.190. The number of carbonyl (C=O) groups is 2. The van der Waals surface area contributed by atoms with Crippen molar-refractivity contribution in [2.75, 3.05) is 19.7 Å². The Morgan fingerprint density at radius 2 is 1.86 bits per heavy atom. The zero-order valence-corrected chi connectivity index (χ0v) is 16.8. The van der Waals surface area contributed by atoms with E-state index >= 15 is 0 Å². The zero-order chi connectivity index (χ0) is 20.6. The minimum Gasteiger partial charge on any atom is -0.388 e. The molecular formula is C20H27N5O4. The molecule has 9 heteroatoms. The molecule has 2 aliphatic rings. The molecule has 0 saturated carbocycles. The van der Waals surface area contributed by atoms with E-state index in [1.807, 2.05) is 24.3 Å². The Bertz CT molecular complexity index is 883. The molecule has 2 aromatic rings. The molecule has 1 aromatic carbocycles. The van der Waals surface area contributed by atoms with Gasteiger partial charge in [0.25, 0.3) is 0 Å². The first-order chi connectivity index (χ1) is 13.8. The van der Waals surface area contributed by atoms with Crippen molar-refractivity contribution in [2.45, 2.75) is 56.9 Å². The molecule has 1 spiro atoms. The Kier molecular flexibility index (Phi) is 5.04. The number of hydrogen-bond acceptors (Lipinski definition) is 6. The SMILES string of the molecule is CC(=O)N[C@H]1COC2(CCN(C(=O)Cn3nc4ccccc4n3)CC2)C[C@]1(C)O. The van der Waals surface area contributed by atoms with Gasteiger partial charge in [-0.3, -0.25) is 9.59 Å². The number of benzene rings is 1. The van der Waals surface area contributed by atoms with Gasteiger partial charge in [0.2, 0.25) is 11.8 Å². The molecule has 0 unspecified atom stereocenters. The number of rotatable bonds is 3. The number of likely N-dealkylation sites (tertiary alicyclic amines) is 1. The predicted octanol–water partition coefficient (Wildman–Crippen LogP) is 0.469. The van der Waals surface area contributed by atoms with E-state index in [9.17, 15) is 14.7 Å². The smallest absolute Gasteiger partial charge is 0.246 e. The van der Waals surface area contributed by atoms with E-state index in [-0.39, 0.29) is 25.0 Å². The second-order valence-electron chi connectivity index (χ2n) is 8.38. The maximum absolute atomic E-state index is 12.7. The number of aliphatic hydroxyl groups is 1. The molecule has 0 radical (unpaired) electrons. The van der Waals surface area contributed by atoms with Gasteiger partial charge in [0, 0.05) is 26.4 Å². The lowest BCUT2D eigenvalue weighted by Gasteiger charge is -2.51. The van der Waals surface area contributed by atoms with E-state index in [0.717, 1.165) is 11.0 Å². The quantitative estimate of drug-likeness (QED) is 0.774. The Labute approximate surface area is 169 Å². The van der Waals surface area contributed by atoms with Gasteiger partial charge in [0.15, 0.2) is 0 Å². The van der Waals surface area contributed by atoms with E-state index in [0.29, 0.717) is 32.4 Å². The highest BCUT2D eigenvalue weighted by molar-refractivity contribution is 5.77. The summed E-state index contributed by atoms with van der Waals surface area (Å²) in [6.45, 7) is 4.65. The molecule has 2 atom stereocenters. The van der Waals surface area contributed by atoms with Crippen molar-refractivity contribution in [3.63, 3.8) is 0 Å². The van der Waals surface area contributed by atoms with Crippen LogP contribution in [0.4, 0.5) is 0 Å². The van der Waals surface area contributed by atoms with Crippen molar-refractivity contribution in [3.8, 4) is 0 Å². The van der Waals surface area contributed by atoms with Gasteiger partial charge in [-0.15, -0.1) is 0 Å². The number of nitrogens with zero attached hydrogens (tertiary/aromatic N) is 4. The van der Waals surface area contributed by atoms with E-state index in [4.69, 9.17) is 4.74 Å². The van der Waals surface area contributed by atoms with Crippen LogP contribution in [-0.2, 0) is 20.9 Å². The highest BCUT2D eigenvalue weighted by atomic mass is 16.5. The fourth-order valence-corrected chi connectivity index (χ4v) is 4.39. The van der Waals surface area contributed by atoms with Gasteiger partial charge >= 0.3 is 0 Å². The molecule has 29 heavy (non-hydrogen) atoms. The number of fused-ring (bicyclic) bond motifs is 1. The number of nitrogens with one attached hydrogen (secondary N) is 1. The molecular weight excluding hydrogens is 374 g/mol. The fourth-order valence-electron chi connectivity index (χ4n) is 4.39. The molecule has 2 amide bonds. The molecule has 156 valence electrons. The van der Waals surface area contributed by atoms with E-state index in [1.165, 1.54) is 11.7 Å². The van der Waals surface area contributed by atoms with Crippen LogP contribution < -0.4 is 5.32 Å². The van der Waals surface area contributed by atoms with Crippen LogP contribution in [0.25, 0.3) is 11.0 Å². The van der Waals surface area contributed by atoms with E-state index in [2.05, 4.69) is 15.5 Å². The van der Waals surface area contributed by atoms with Crippen LogP contribution in [0.15, 0.2) is 24.3 Å². The molecule has 2 fully saturated rings. The molecule has 9 nitrogen and oxygen atoms in total. The van der Waals surface area contributed by atoms with Gasteiger partial charge in [0.05, 0.1) is 23.9 Å². The fraction of sp³-hybridized carbons (Fsp3) is 0.600. The Hall–Kier alpha value is -2.52. The largest absolute Gasteiger partial charge is 0.388 e. The Balaban J connectivity index is 1.35. The number of ether oxygens (including phenoxy) is 1. The number of amides is 2. The highest BCUT2D eigenvalue weighted by Crippen LogP contribution is 2.39. The monoisotopic (exact) mass is 401 g/mol. The van der Waals surface area contributed by atoms with Crippen LogP contribution in [-0.4, -0.2) is 73.8 Å². The minimum atomic E-state index is -1.05. The molecule has 2 aliphatic heterocycles. The summed E-state index contributed by atoms with van der Waals surface area (Å²) in [6.07, 6.45) is 1.73. The van der Waals surface area contributed by atoms with Crippen molar-refractivity contribution < 1.29 is 19.4 Å².